The molecule has 0 atom stereocenters. The summed E-state index contributed by atoms with van der Waals surface area (Å²) >= 11 is 0. The molecule has 0 bridgehead atoms. The Kier molecular flexibility index (Phi) is 8.92. The lowest BCUT2D eigenvalue weighted by atomic mass is 9.70. The molecule has 0 saturated carbocycles. The third-order valence-corrected chi connectivity index (χ3v) is 16.2. The number of rotatable bonds is 6. The molecular formula is C71H44N4. The van der Waals surface area contributed by atoms with Crippen LogP contribution >= 0.6 is 0 Å². The van der Waals surface area contributed by atoms with Crippen molar-refractivity contribution in [2.45, 2.75) is 5.41 Å². The van der Waals surface area contributed by atoms with Gasteiger partial charge in [-0.15, -0.1) is 0 Å². The number of aromatic nitrogens is 3. The van der Waals surface area contributed by atoms with Crippen LogP contribution in [-0.4, -0.2) is 14.5 Å². The molecule has 0 N–H and O–H groups in total. The van der Waals surface area contributed by atoms with Gasteiger partial charge in [-0.05, 0) is 133 Å². The largest absolute Gasteiger partial charge is 0.311 e. The maximum atomic E-state index is 5.27. The summed E-state index contributed by atoms with van der Waals surface area (Å²) in [7, 11) is 0. The fourth-order valence-electron chi connectivity index (χ4n) is 13.0. The first-order chi connectivity index (χ1) is 37.2. The quantitative estimate of drug-likeness (QED) is 0.156. The molecule has 0 saturated heterocycles. The van der Waals surface area contributed by atoms with Gasteiger partial charge in [-0.1, -0.05) is 194 Å². The molecule has 0 amide bonds. The maximum absolute atomic E-state index is 5.27. The van der Waals surface area contributed by atoms with Crippen molar-refractivity contribution in [1.82, 2.24) is 14.5 Å². The zero-order valence-electron chi connectivity index (χ0n) is 40.7. The van der Waals surface area contributed by atoms with Gasteiger partial charge in [0.15, 0.2) is 0 Å². The predicted molar refractivity (Wildman–Crippen MR) is 311 cm³/mol. The summed E-state index contributed by atoms with van der Waals surface area (Å²) in [5, 5.41) is 7.07. The van der Waals surface area contributed by atoms with Crippen LogP contribution in [0.2, 0.25) is 0 Å². The highest BCUT2D eigenvalue weighted by atomic mass is 15.1. The second kappa shape index (κ2) is 16.1. The van der Waals surface area contributed by atoms with Crippen LogP contribution < -0.4 is 4.90 Å². The molecule has 2 aliphatic carbocycles. The summed E-state index contributed by atoms with van der Waals surface area (Å²) in [6, 6.07) is 95.5. The molecular weight excluding hydrogens is 909 g/mol. The van der Waals surface area contributed by atoms with Crippen LogP contribution in [0.25, 0.3) is 105 Å². The van der Waals surface area contributed by atoms with Gasteiger partial charge in [-0.25, -0.2) is 4.98 Å². The van der Waals surface area contributed by atoms with Gasteiger partial charge >= 0.3 is 0 Å². The third kappa shape index (κ3) is 5.99. The smallest absolute Gasteiger partial charge is 0.0979 e. The normalized spacial score (nSPS) is 12.9. The maximum Gasteiger partial charge on any atom is 0.0979 e. The molecule has 2 heterocycles. The van der Waals surface area contributed by atoms with E-state index in [4.69, 9.17) is 9.97 Å². The third-order valence-electron chi connectivity index (χ3n) is 16.2. The van der Waals surface area contributed by atoms with E-state index in [1.165, 1.54) is 82.6 Å². The fraction of sp³-hybridized carbons (Fsp3) is 0.0141. The summed E-state index contributed by atoms with van der Waals surface area (Å²) in [6.07, 6.45) is 1.91. The minimum absolute atomic E-state index is 0.410. The number of anilines is 3. The highest BCUT2D eigenvalue weighted by Gasteiger charge is 2.51. The van der Waals surface area contributed by atoms with Gasteiger partial charge in [0.25, 0.3) is 0 Å². The number of para-hydroxylation sites is 2. The van der Waals surface area contributed by atoms with Gasteiger partial charge in [-0.2, -0.15) is 0 Å². The van der Waals surface area contributed by atoms with E-state index in [1.807, 2.05) is 6.20 Å². The van der Waals surface area contributed by atoms with Gasteiger partial charge in [0.1, 0.15) is 0 Å². The summed E-state index contributed by atoms with van der Waals surface area (Å²) in [6.45, 7) is 0. The van der Waals surface area contributed by atoms with Gasteiger partial charge in [0.2, 0.25) is 0 Å². The van der Waals surface area contributed by atoms with Gasteiger partial charge in [-0.3, -0.25) is 4.98 Å². The van der Waals surface area contributed by atoms with Gasteiger partial charge in [0, 0.05) is 49.9 Å². The SMILES string of the molecule is c1ccc(N(c2ccc(-c3ccc4c(c3)c3ccccc3n4-c3ccc4c(c3)C3(c5ccccc5-c5ccccc53)c3ccccc3-4)cc2)c2ccc(-c3cnc4c5ccccc5c5ccccc5c4n3)cc2)cc1. The second-order valence-corrected chi connectivity index (χ2v) is 20.0. The van der Waals surface area contributed by atoms with Crippen molar-refractivity contribution >= 4 is 71.4 Å². The van der Waals surface area contributed by atoms with E-state index >= 15 is 0 Å². The van der Waals surface area contributed by atoms with Crippen molar-refractivity contribution in [2.75, 3.05) is 4.90 Å². The van der Waals surface area contributed by atoms with E-state index in [9.17, 15) is 0 Å². The lowest BCUT2D eigenvalue weighted by Gasteiger charge is -2.30. The topological polar surface area (TPSA) is 34.0 Å². The molecule has 12 aromatic carbocycles. The van der Waals surface area contributed by atoms with Crippen molar-refractivity contribution < 1.29 is 0 Å². The fourth-order valence-corrected chi connectivity index (χ4v) is 13.0. The van der Waals surface area contributed by atoms with Crippen molar-refractivity contribution in [1.29, 1.82) is 0 Å². The monoisotopic (exact) mass is 952 g/mol. The molecule has 16 rings (SSSR count). The zero-order valence-corrected chi connectivity index (χ0v) is 40.7. The Labute approximate surface area is 433 Å². The van der Waals surface area contributed by atoms with Gasteiger partial charge < -0.3 is 9.47 Å². The average molecular weight is 953 g/mol. The summed E-state index contributed by atoms with van der Waals surface area (Å²) in [5.41, 5.74) is 23.0. The molecule has 0 radical (unpaired) electrons. The average Bonchev–Trinajstić information content (AvgIpc) is 4.12. The molecule has 4 nitrogen and oxygen atoms in total. The Bertz CT molecular complexity index is 4550. The first-order valence-electron chi connectivity index (χ1n) is 25.8. The van der Waals surface area contributed by atoms with Crippen LogP contribution in [0, 0.1) is 0 Å². The number of benzene rings is 12. The van der Waals surface area contributed by atoms with Crippen LogP contribution in [0.4, 0.5) is 17.1 Å². The number of hydrogen-bond acceptors (Lipinski definition) is 3. The number of fused-ring (bicyclic) bond motifs is 19. The molecule has 2 aliphatic rings. The first kappa shape index (κ1) is 41.7. The minimum Gasteiger partial charge on any atom is -0.311 e. The molecule has 14 aromatic rings. The molecule has 0 fully saturated rings. The molecule has 0 aliphatic heterocycles. The Morgan fingerprint density at radius 3 is 1.44 bits per heavy atom. The molecule has 1 spiro atoms. The van der Waals surface area contributed by atoms with E-state index in [1.54, 1.807) is 0 Å². The lowest BCUT2D eigenvalue weighted by molar-refractivity contribution is 0.792. The molecule has 348 valence electrons. The Morgan fingerprint density at radius 1 is 0.320 bits per heavy atom. The van der Waals surface area contributed by atoms with Crippen molar-refractivity contribution in [3.8, 4) is 50.3 Å². The van der Waals surface area contributed by atoms with Crippen molar-refractivity contribution in [3.63, 3.8) is 0 Å². The molecule has 4 heteroatoms. The molecule has 0 unspecified atom stereocenters. The Balaban J connectivity index is 0.766. The zero-order chi connectivity index (χ0) is 49.2. The summed E-state index contributed by atoms with van der Waals surface area (Å²) < 4.78 is 2.47. The Hall–Kier alpha value is -9.90. The van der Waals surface area contributed by atoms with E-state index in [0.717, 1.165) is 61.4 Å². The van der Waals surface area contributed by atoms with Crippen LogP contribution in [0.1, 0.15) is 22.3 Å². The van der Waals surface area contributed by atoms with E-state index in [0.29, 0.717) is 0 Å². The standard InChI is InChI=1S/C71H44N4/c1-2-16-48(17-3-1)74(50-37-32-46(33-38-50)66-44-72-69-59-24-6-4-18-52(59)53-19-5-7-25-60(53)70(69)73-66)49-35-30-45(31-36-49)47-34-41-68-61(42-47)58-23-11-15-29-67(58)75(68)51-39-40-57-56-22-10-14-28-64(56)71(65(57)43-51)62-26-12-8-20-54(62)55-21-9-13-27-63(55)71/h1-44H. The lowest BCUT2D eigenvalue weighted by Crippen LogP contribution is -2.26. The minimum atomic E-state index is -0.410. The second-order valence-electron chi connectivity index (χ2n) is 20.0. The van der Waals surface area contributed by atoms with Crippen molar-refractivity contribution in [3.05, 3.63) is 289 Å². The summed E-state index contributed by atoms with van der Waals surface area (Å²) in [4.78, 5) is 12.6. The van der Waals surface area contributed by atoms with Crippen molar-refractivity contribution in [2.24, 2.45) is 0 Å². The van der Waals surface area contributed by atoms with E-state index < -0.39 is 5.41 Å². The predicted octanol–water partition coefficient (Wildman–Crippen LogP) is 18.2. The van der Waals surface area contributed by atoms with E-state index in [-0.39, 0.29) is 0 Å². The number of hydrogen-bond donors (Lipinski definition) is 0. The summed E-state index contributed by atoms with van der Waals surface area (Å²) in [5.74, 6) is 0. The van der Waals surface area contributed by atoms with Crippen LogP contribution in [0.15, 0.2) is 267 Å². The highest BCUT2D eigenvalue weighted by molar-refractivity contribution is 6.23. The first-order valence-corrected chi connectivity index (χ1v) is 25.8. The molecule has 2 aromatic heterocycles. The van der Waals surface area contributed by atoms with E-state index in [2.05, 4.69) is 270 Å². The van der Waals surface area contributed by atoms with Crippen LogP contribution in [0.3, 0.4) is 0 Å². The molecule has 75 heavy (non-hydrogen) atoms. The van der Waals surface area contributed by atoms with Crippen LogP contribution in [0.5, 0.6) is 0 Å². The Morgan fingerprint density at radius 2 is 0.800 bits per heavy atom. The highest BCUT2D eigenvalue weighted by Crippen LogP contribution is 2.63. The number of nitrogens with zero attached hydrogens (tertiary/aromatic N) is 4. The van der Waals surface area contributed by atoms with Crippen LogP contribution in [-0.2, 0) is 5.41 Å². The van der Waals surface area contributed by atoms with Gasteiger partial charge in [0.05, 0.1) is 39.4 Å².